The zero-order chi connectivity index (χ0) is 14.1. The fraction of sp³-hybridized carbons (Fsp3) is 0.600. The average Bonchev–Trinajstić information content (AvgIpc) is 2.40. The molecular formula is C15H25N3O. The summed E-state index contributed by atoms with van der Waals surface area (Å²) in [6.45, 7) is 8.36. The Morgan fingerprint density at radius 1 is 1.16 bits per heavy atom. The summed E-state index contributed by atoms with van der Waals surface area (Å²) in [5, 5.41) is 2.85. The van der Waals surface area contributed by atoms with E-state index in [1.165, 1.54) is 0 Å². The minimum atomic E-state index is 0.0519. The molecule has 4 nitrogen and oxygen atoms in total. The van der Waals surface area contributed by atoms with Gasteiger partial charge in [-0.25, -0.2) is 4.98 Å². The van der Waals surface area contributed by atoms with Gasteiger partial charge in [0.1, 0.15) is 5.82 Å². The highest BCUT2D eigenvalue weighted by atomic mass is 16.1. The Bertz CT molecular complexity index is 369. The second-order valence-corrected chi connectivity index (χ2v) is 4.69. The molecule has 19 heavy (non-hydrogen) atoms. The SMILES string of the molecule is CCCC(=O)Nc1ccc(N(CCC)CCC)nc1. The first-order valence-corrected chi connectivity index (χ1v) is 7.22. The van der Waals surface area contributed by atoms with Gasteiger partial charge in [-0.2, -0.15) is 0 Å². The van der Waals surface area contributed by atoms with Crippen LogP contribution >= 0.6 is 0 Å². The van der Waals surface area contributed by atoms with Crippen molar-refractivity contribution in [1.82, 2.24) is 4.98 Å². The number of carbonyl (C=O) groups is 1. The zero-order valence-corrected chi connectivity index (χ0v) is 12.3. The van der Waals surface area contributed by atoms with E-state index in [4.69, 9.17) is 0 Å². The third-order valence-electron chi connectivity index (χ3n) is 2.82. The van der Waals surface area contributed by atoms with Gasteiger partial charge in [0, 0.05) is 19.5 Å². The summed E-state index contributed by atoms with van der Waals surface area (Å²) in [7, 11) is 0. The van der Waals surface area contributed by atoms with E-state index in [1.807, 2.05) is 19.1 Å². The van der Waals surface area contributed by atoms with Crippen molar-refractivity contribution in [3.8, 4) is 0 Å². The van der Waals surface area contributed by atoms with Crippen LogP contribution in [0.15, 0.2) is 18.3 Å². The molecule has 0 spiro atoms. The Labute approximate surface area is 116 Å². The molecule has 4 heteroatoms. The fourth-order valence-electron chi connectivity index (χ4n) is 1.98. The highest BCUT2D eigenvalue weighted by Crippen LogP contribution is 2.15. The maximum Gasteiger partial charge on any atom is 0.224 e. The van der Waals surface area contributed by atoms with Gasteiger partial charge >= 0.3 is 0 Å². The second kappa shape index (κ2) is 8.51. The van der Waals surface area contributed by atoms with Crippen LogP contribution < -0.4 is 10.2 Å². The highest BCUT2D eigenvalue weighted by molar-refractivity contribution is 5.90. The third-order valence-corrected chi connectivity index (χ3v) is 2.82. The predicted molar refractivity (Wildman–Crippen MR) is 80.6 cm³/mol. The number of hydrogen-bond acceptors (Lipinski definition) is 3. The van der Waals surface area contributed by atoms with Crippen LogP contribution in [0.5, 0.6) is 0 Å². The van der Waals surface area contributed by atoms with Crippen molar-refractivity contribution in [3.05, 3.63) is 18.3 Å². The Morgan fingerprint density at radius 2 is 1.84 bits per heavy atom. The maximum absolute atomic E-state index is 11.5. The molecule has 1 heterocycles. The van der Waals surface area contributed by atoms with E-state index in [0.29, 0.717) is 6.42 Å². The summed E-state index contributed by atoms with van der Waals surface area (Å²) >= 11 is 0. The Kier molecular flexibility index (Phi) is 6.93. The van der Waals surface area contributed by atoms with E-state index in [0.717, 1.165) is 43.9 Å². The number of anilines is 2. The van der Waals surface area contributed by atoms with Gasteiger partial charge in [-0.1, -0.05) is 20.8 Å². The monoisotopic (exact) mass is 263 g/mol. The van der Waals surface area contributed by atoms with Gasteiger partial charge < -0.3 is 10.2 Å². The van der Waals surface area contributed by atoms with Crippen LogP contribution in [-0.2, 0) is 4.79 Å². The van der Waals surface area contributed by atoms with Gasteiger partial charge in [0.15, 0.2) is 0 Å². The largest absolute Gasteiger partial charge is 0.357 e. The summed E-state index contributed by atoms with van der Waals surface area (Å²) < 4.78 is 0. The van der Waals surface area contributed by atoms with Crippen LogP contribution in [0.25, 0.3) is 0 Å². The predicted octanol–water partition coefficient (Wildman–Crippen LogP) is 3.45. The summed E-state index contributed by atoms with van der Waals surface area (Å²) in [5.74, 6) is 1.04. The lowest BCUT2D eigenvalue weighted by molar-refractivity contribution is -0.116. The molecule has 106 valence electrons. The molecule has 0 atom stereocenters. The molecule has 1 aromatic rings. The quantitative estimate of drug-likeness (QED) is 0.781. The molecule has 0 aliphatic heterocycles. The molecule has 1 N–H and O–H groups in total. The molecule has 0 radical (unpaired) electrons. The van der Waals surface area contributed by atoms with Gasteiger partial charge in [0.05, 0.1) is 11.9 Å². The van der Waals surface area contributed by atoms with E-state index in [2.05, 4.69) is 29.0 Å². The number of amides is 1. The summed E-state index contributed by atoms with van der Waals surface area (Å²) in [4.78, 5) is 18.2. The molecular weight excluding hydrogens is 238 g/mol. The standard InChI is InChI=1S/C15H25N3O/c1-4-7-15(19)17-13-8-9-14(16-12-13)18(10-5-2)11-6-3/h8-9,12H,4-7,10-11H2,1-3H3,(H,17,19). The first kappa shape index (κ1) is 15.5. The lowest BCUT2D eigenvalue weighted by Crippen LogP contribution is -2.25. The number of aromatic nitrogens is 1. The molecule has 0 aromatic carbocycles. The third kappa shape index (κ3) is 5.28. The van der Waals surface area contributed by atoms with Crippen LogP contribution in [0.3, 0.4) is 0 Å². The smallest absolute Gasteiger partial charge is 0.224 e. The van der Waals surface area contributed by atoms with Gasteiger partial charge in [0.25, 0.3) is 0 Å². The Morgan fingerprint density at radius 3 is 2.32 bits per heavy atom. The molecule has 0 fully saturated rings. The van der Waals surface area contributed by atoms with Crippen molar-refractivity contribution >= 4 is 17.4 Å². The second-order valence-electron chi connectivity index (χ2n) is 4.69. The molecule has 0 aliphatic rings. The van der Waals surface area contributed by atoms with E-state index in [9.17, 15) is 4.79 Å². The molecule has 0 aliphatic carbocycles. The maximum atomic E-state index is 11.5. The minimum absolute atomic E-state index is 0.0519. The molecule has 1 rings (SSSR count). The van der Waals surface area contributed by atoms with Crippen LogP contribution in [0.2, 0.25) is 0 Å². The molecule has 0 saturated carbocycles. The van der Waals surface area contributed by atoms with Gasteiger partial charge in [-0.05, 0) is 31.4 Å². The number of pyridine rings is 1. The van der Waals surface area contributed by atoms with Crippen molar-refractivity contribution in [2.75, 3.05) is 23.3 Å². The lowest BCUT2D eigenvalue weighted by atomic mass is 10.3. The number of carbonyl (C=O) groups excluding carboxylic acids is 1. The molecule has 0 bridgehead atoms. The van der Waals surface area contributed by atoms with Crippen molar-refractivity contribution in [2.45, 2.75) is 46.5 Å². The van der Waals surface area contributed by atoms with Crippen LogP contribution in [0.1, 0.15) is 46.5 Å². The van der Waals surface area contributed by atoms with E-state index >= 15 is 0 Å². The Hall–Kier alpha value is -1.58. The van der Waals surface area contributed by atoms with E-state index in [-0.39, 0.29) is 5.91 Å². The molecule has 1 aromatic heterocycles. The lowest BCUT2D eigenvalue weighted by Gasteiger charge is -2.22. The topological polar surface area (TPSA) is 45.2 Å². The minimum Gasteiger partial charge on any atom is -0.357 e. The summed E-state index contributed by atoms with van der Waals surface area (Å²) in [6, 6.07) is 3.90. The summed E-state index contributed by atoms with van der Waals surface area (Å²) in [6.07, 6.45) is 5.37. The number of rotatable bonds is 8. The highest BCUT2D eigenvalue weighted by Gasteiger charge is 2.06. The fourth-order valence-corrected chi connectivity index (χ4v) is 1.98. The van der Waals surface area contributed by atoms with Gasteiger partial charge in [0.2, 0.25) is 5.91 Å². The first-order chi connectivity index (χ1) is 9.21. The van der Waals surface area contributed by atoms with Crippen LogP contribution in [-0.4, -0.2) is 24.0 Å². The van der Waals surface area contributed by atoms with E-state index < -0.39 is 0 Å². The van der Waals surface area contributed by atoms with Crippen LogP contribution in [0.4, 0.5) is 11.5 Å². The zero-order valence-electron chi connectivity index (χ0n) is 12.3. The molecule has 1 amide bonds. The van der Waals surface area contributed by atoms with E-state index in [1.54, 1.807) is 6.20 Å². The van der Waals surface area contributed by atoms with Gasteiger partial charge in [-0.15, -0.1) is 0 Å². The van der Waals surface area contributed by atoms with Crippen molar-refractivity contribution < 1.29 is 4.79 Å². The number of nitrogens with zero attached hydrogens (tertiary/aromatic N) is 2. The summed E-state index contributed by atoms with van der Waals surface area (Å²) in [5.41, 5.74) is 0.773. The number of hydrogen-bond donors (Lipinski definition) is 1. The van der Waals surface area contributed by atoms with Crippen molar-refractivity contribution in [1.29, 1.82) is 0 Å². The van der Waals surface area contributed by atoms with Crippen molar-refractivity contribution in [2.24, 2.45) is 0 Å². The van der Waals surface area contributed by atoms with Gasteiger partial charge in [-0.3, -0.25) is 4.79 Å². The first-order valence-electron chi connectivity index (χ1n) is 7.22. The van der Waals surface area contributed by atoms with Crippen LogP contribution in [0, 0.1) is 0 Å². The number of nitrogens with one attached hydrogen (secondary N) is 1. The molecule has 0 saturated heterocycles. The molecule has 0 unspecified atom stereocenters. The Balaban J connectivity index is 2.65. The van der Waals surface area contributed by atoms with Crippen molar-refractivity contribution in [3.63, 3.8) is 0 Å². The average molecular weight is 263 g/mol. The normalized spacial score (nSPS) is 10.3.